The number of anilines is 1. The molecule has 0 unspecified atom stereocenters. The second-order valence-corrected chi connectivity index (χ2v) is 6.70. The molecular formula is C13H17IN4O. The summed E-state index contributed by atoms with van der Waals surface area (Å²) in [4.78, 5) is 23.9. The van der Waals surface area contributed by atoms with Gasteiger partial charge in [-0.25, -0.2) is 4.98 Å². The molecule has 0 aliphatic carbocycles. The van der Waals surface area contributed by atoms with E-state index in [0.717, 1.165) is 26.0 Å². The Bertz CT molecular complexity index is 655. The molecule has 102 valence electrons. The van der Waals surface area contributed by atoms with Gasteiger partial charge in [-0.1, -0.05) is 20.8 Å². The number of halogens is 1. The number of aromatic nitrogens is 3. The summed E-state index contributed by atoms with van der Waals surface area (Å²) in [7, 11) is 0. The minimum atomic E-state index is -0.466. The first-order chi connectivity index (χ1) is 8.70. The summed E-state index contributed by atoms with van der Waals surface area (Å²) in [6.45, 7) is 9.49. The van der Waals surface area contributed by atoms with E-state index >= 15 is 0 Å². The Morgan fingerprint density at radius 2 is 1.89 bits per heavy atom. The average Bonchev–Trinajstić information content (AvgIpc) is 2.53. The number of hydrogen-bond donors (Lipinski definition) is 2. The summed E-state index contributed by atoms with van der Waals surface area (Å²) in [5, 5.41) is 3.78. The molecule has 5 nitrogen and oxygen atoms in total. The fourth-order valence-corrected chi connectivity index (χ4v) is 2.47. The first-order valence-corrected chi connectivity index (χ1v) is 7.12. The molecule has 0 saturated heterocycles. The Balaban J connectivity index is 2.45. The summed E-state index contributed by atoms with van der Waals surface area (Å²) < 4.78 is 1.12. The first-order valence-electron chi connectivity index (χ1n) is 6.04. The molecule has 0 atom stereocenters. The number of fused-ring (bicyclic) bond motifs is 1. The average molecular weight is 372 g/mol. The number of nitrogens with zero attached hydrogens (tertiary/aromatic N) is 2. The molecule has 19 heavy (non-hydrogen) atoms. The van der Waals surface area contributed by atoms with E-state index in [2.05, 4.69) is 42.9 Å². The Kier molecular flexibility index (Phi) is 3.55. The van der Waals surface area contributed by atoms with Crippen LogP contribution in [-0.2, 0) is 4.79 Å². The zero-order valence-corrected chi connectivity index (χ0v) is 13.8. The molecule has 1 amide bonds. The standard InChI is InChI=1S/C13H17IN4O/c1-6-8-9(14)7(2)15-10(8)17-12(16-6)18-11(19)13(3,4)5/h1-5H3,(H2,15,16,17,18,19). The van der Waals surface area contributed by atoms with E-state index in [-0.39, 0.29) is 5.91 Å². The highest BCUT2D eigenvalue weighted by atomic mass is 127. The van der Waals surface area contributed by atoms with Crippen LogP contribution in [0.2, 0.25) is 0 Å². The minimum Gasteiger partial charge on any atom is -0.342 e. The molecule has 0 aliphatic heterocycles. The quantitative estimate of drug-likeness (QED) is 0.756. The summed E-state index contributed by atoms with van der Waals surface area (Å²) in [5.41, 5.74) is 2.22. The number of nitrogens with one attached hydrogen (secondary N) is 2. The molecule has 2 aromatic rings. The smallest absolute Gasteiger partial charge is 0.232 e. The monoisotopic (exact) mass is 372 g/mol. The van der Waals surface area contributed by atoms with Crippen LogP contribution < -0.4 is 5.32 Å². The minimum absolute atomic E-state index is 0.0933. The normalized spacial score (nSPS) is 11.9. The van der Waals surface area contributed by atoms with E-state index < -0.39 is 5.41 Å². The second kappa shape index (κ2) is 4.73. The van der Waals surface area contributed by atoms with Gasteiger partial charge in [0, 0.05) is 14.7 Å². The van der Waals surface area contributed by atoms with E-state index in [1.165, 1.54) is 0 Å². The Hall–Kier alpha value is -1.18. The molecule has 0 bridgehead atoms. The third kappa shape index (κ3) is 2.72. The third-order valence-corrected chi connectivity index (χ3v) is 4.20. The van der Waals surface area contributed by atoms with Gasteiger partial charge in [-0.15, -0.1) is 0 Å². The van der Waals surface area contributed by atoms with Crippen LogP contribution in [0.1, 0.15) is 32.2 Å². The predicted octanol–water partition coefficient (Wildman–Crippen LogP) is 3.16. The van der Waals surface area contributed by atoms with Gasteiger partial charge < -0.3 is 4.98 Å². The van der Waals surface area contributed by atoms with Gasteiger partial charge in [-0.05, 0) is 36.4 Å². The Morgan fingerprint density at radius 1 is 1.26 bits per heavy atom. The van der Waals surface area contributed by atoms with Crippen LogP contribution in [0, 0.1) is 22.8 Å². The number of aromatic amines is 1. The maximum Gasteiger partial charge on any atom is 0.232 e. The number of amides is 1. The summed E-state index contributed by atoms with van der Waals surface area (Å²) >= 11 is 2.27. The van der Waals surface area contributed by atoms with Crippen LogP contribution in [0.3, 0.4) is 0 Å². The zero-order valence-electron chi connectivity index (χ0n) is 11.7. The van der Waals surface area contributed by atoms with Gasteiger partial charge in [0.15, 0.2) is 0 Å². The van der Waals surface area contributed by atoms with E-state index in [9.17, 15) is 4.79 Å². The topological polar surface area (TPSA) is 70.7 Å². The van der Waals surface area contributed by atoms with Gasteiger partial charge in [-0.3, -0.25) is 10.1 Å². The van der Waals surface area contributed by atoms with Crippen LogP contribution in [-0.4, -0.2) is 20.9 Å². The number of carbonyl (C=O) groups is 1. The van der Waals surface area contributed by atoms with Crippen molar-refractivity contribution < 1.29 is 4.79 Å². The van der Waals surface area contributed by atoms with Gasteiger partial charge in [0.1, 0.15) is 5.65 Å². The van der Waals surface area contributed by atoms with E-state index in [1.807, 2.05) is 34.6 Å². The Labute approximate surface area is 125 Å². The van der Waals surface area contributed by atoms with Crippen molar-refractivity contribution in [2.24, 2.45) is 5.41 Å². The maximum absolute atomic E-state index is 12.0. The fraction of sp³-hybridized carbons (Fsp3) is 0.462. The van der Waals surface area contributed by atoms with Crippen LogP contribution in [0.15, 0.2) is 0 Å². The molecule has 2 heterocycles. The van der Waals surface area contributed by atoms with Crippen LogP contribution >= 0.6 is 22.6 Å². The van der Waals surface area contributed by atoms with Crippen molar-refractivity contribution in [2.45, 2.75) is 34.6 Å². The molecule has 0 aliphatic rings. The summed E-state index contributed by atoms with van der Waals surface area (Å²) in [6, 6.07) is 0. The van der Waals surface area contributed by atoms with Crippen molar-refractivity contribution in [2.75, 3.05) is 5.32 Å². The first kappa shape index (κ1) is 14.2. The molecule has 0 spiro atoms. The number of H-pyrrole nitrogens is 1. The molecule has 0 aromatic carbocycles. The largest absolute Gasteiger partial charge is 0.342 e. The molecule has 0 saturated carbocycles. The van der Waals surface area contributed by atoms with E-state index in [4.69, 9.17) is 0 Å². The number of carbonyl (C=O) groups excluding carboxylic acids is 1. The molecule has 0 fully saturated rings. The number of rotatable bonds is 1. The molecule has 2 aromatic heterocycles. The lowest BCUT2D eigenvalue weighted by molar-refractivity contribution is -0.123. The predicted molar refractivity (Wildman–Crippen MR) is 84.2 cm³/mol. The van der Waals surface area contributed by atoms with Crippen molar-refractivity contribution in [1.29, 1.82) is 0 Å². The van der Waals surface area contributed by atoms with Crippen LogP contribution in [0.25, 0.3) is 11.0 Å². The van der Waals surface area contributed by atoms with Crippen LogP contribution in [0.4, 0.5) is 5.95 Å². The highest BCUT2D eigenvalue weighted by Crippen LogP contribution is 2.26. The summed E-state index contributed by atoms with van der Waals surface area (Å²) in [5.74, 6) is 0.256. The number of hydrogen-bond acceptors (Lipinski definition) is 3. The van der Waals surface area contributed by atoms with Crippen molar-refractivity contribution in [3.05, 3.63) is 15.0 Å². The lowest BCUT2D eigenvalue weighted by atomic mass is 9.96. The maximum atomic E-state index is 12.0. The van der Waals surface area contributed by atoms with Gasteiger partial charge in [0.2, 0.25) is 11.9 Å². The van der Waals surface area contributed by atoms with Gasteiger partial charge in [0.25, 0.3) is 0 Å². The molecule has 0 radical (unpaired) electrons. The van der Waals surface area contributed by atoms with Gasteiger partial charge in [0.05, 0.1) is 11.1 Å². The van der Waals surface area contributed by atoms with Crippen molar-refractivity contribution in [3.8, 4) is 0 Å². The molecule has 2 N–H and O–H groups in total. The highest BCUT2D eigenvalue weighted by molar-refractivity contribution is 14.1. The lowest BCUT2D eigenvalue weighted by Crippen LogP contribution is -2.28. The third-order valence-electron chi connectivity index (χ3n) is 2.85. The molecule has 6 heteroatoms. The lowest BCUT2D eigenvalue weighted by Gasteiger charge is -2.16. The van der Waals surface area contributed by atoms with Gasteiger partial charge in [-0.2, -0.15) is 4.98 Å². The van der Waals surface area contributed by atoms with Crippen molar-refractivity contribution in [1.82, 2.24) is 15.0 Å². The second-order valence-electron chi connectivity index (χ2n) is 5.62. The fourth-order valence-electron chi connectivity index (χ4n) is 1.69. The van der Waals surface area contributed by atoms with Crippen molar-refractivity contribution in [3.63, 3.8) is 0 Å². The van der Waals surface area contributed by atoms with E-state index in [1.54, 1.807) is 0 Å². The molecule has 2 rings (SSSR count). The van der Waals surface area contributed by atoms with Gasteiger partial charge >= 0.3 is 0 Å². The number of aryl methyl sites for hydroxylation is 2. The zero-order chi connectivity index (χ0) is 14.4. The van der Waals surface area contributed by atoms with E-state index in [0.29, 0.717) is 5.95 Å². The molecular weight excluding hydrogens is 355 g/mol. The van der Waals surface area contributed by atoms with Crippen molar-refractivity contribution >= 4 is 45.5 Å². The summed E-state index contributed by atoms with van der Waals surface area (Å²) in [6.07, 6.45) is 0. The SMILES string of the molecule is Cc1[nH]c2nc(NC(=O)C(C)(C)C)nc(C)c2c1I. The Morgan fingerprint density at radius 3 is 2.47 bits per heavy atom. The highest BCUT2D eigenvalue weighted by Gasteiger charge is 2.22. The van der Waals surface area contributed by atoms with Crippen LogP contribution in [0.5, 0.6) is 0 Å².